The second-order valence-electron chi connectivity index (χ2n) is 10.5. The van der Waals surface area contributed by atoms with Gasteiger partial charge < -0.3 is 14.9 Å². The average molecular weight is 514 g/mol. The molecule has 3 aliphatic rings. The minimum Gasteiger partial charge on any atom is -0.392 e. The van der Waals surface area contributed by atoms with E-state index in [-0.39, 0.29) is 11.6 Å². The van der Waals surface area contributed by atoms with Crippen LogP contribution >= 0.6 is 11.3 Å². The van der Waals surface area contributed by atoms with Gasteiger partial charge in [0.1, 0.15) is 10.5 Å². The third-order valence-corrected chi connectivity index (χ3v) is 9.65. The topological polar surface area (TPSA) is 70.8 Å². The van der Waals surface area contributed by atoms with Crippen molar-refractivity contribution in [3.8, 4) is 0 Å². The van der Waals surface area contributed by atoms with Crippen LogP contribution in [0.15, 0.2) is 12.4 Å². The summed E-state index contributed by atoms with van der Waals surface area (Å²) in [6, 6.07) is 0.117. The molecule has 0 aromatic carbocycles. The molecule has 0 amide bonds. The molecule has 2 fully saturated rings. The molecule has 2 N–H and O–H groups in total. The summed E-state index contributed by atoms with van der Waals surface area (Å²) in [6.07, 6.45) is 5.70. The smallest absolute Gasteiger partial charge is 0.392 e. The van der Waals surface area contributed by atoms with E-state index in [4.69, 9.17) is 4.74 Å². The summed E-state index contributed by atoms with van der Waals surface area (Å²) in [5.74, 6) is 0. The van der Waals surface area contributed by atoms with Crippen molar-refractivity contribution < 1.29 is 28.1 Å². The fourth-order valence-electron chi connectivity index (χ4n) is 6.22. The lowest BCUT2D eigenvalue weighted by molar-refractivity contribution is -0.135. The van der Waals surface area contributed by atoms with Gasteiger partial charge in [-0.3, -0.25) is 9.58 Å². The zero-order valence-corrected chi connectivity index (χ0v) is 20.9. The Morgan fingerprint density at radius 1 is 1.26 bits per heavy atom. The van der Waals surface area contributed by atoms with E-state index in [1.165, 1.54) is 0 Å². The Labute approximate surface area is 207 Å². The molecule has 10 heteroatoms. The molecule has 5 rings (SSSR count). The van der Waals surface area contributed by atoms with E-state index in [1.807, 2.05) is 17.1 Å². The van der Waals surface area contributed by atoms with Crippen LogP contribution in [0.3, 0.4) is 0 Å². The number of aliphatic hydroxyl groups is 2. The van der Waals surface area contributed by atoms with Crippen LogP contribution in [0.2, 0.25) is 0 Å². The second-order valence-corrected chi connectivity index (χ2v) is 11.6. The van der Waals surface area contributed by atoms with Crippen molar-refractivity contribution in [1.29, 1.82) is 0 Å². The Morgan fingerprint density at radius 3 is 2.71 bits per heavy atom. The van der Waals surface area contributed by atoms with Gasteiger partial charge in [-0.15, -0.1) is 11.3 Å². The molecule has 1 saturated heterocycles. The molecule has 1 spiro atoms. The number of aliphatic hydroxyl groups excluding tert-OH is 1. The molecule has 2 atom stereocenters. The highest BCUT2D eigenvalue weighted by Gasteiger charge is 2.48. The SMILES string of the molecule is C[C@H]1C[C@@]2(CCN1Cc1cnn(CCC3(O)CCCC3)c1)OCCc1c2sc(C(F)(F)F)c1CO. The molecule has 6 nitrogen and oxygen atoms in total. The van der Waals surface area contributed by atoms with Gasteiger partial charge in [0.15, 0.2) is 0 Å². The molecule has 0 unspecified atom stereocenters. The maximum absolute atomic E-state index is 13.7. The minimum absolute atomic E-state index is 0.0323. The highest BCUT2D eigenvalue weighted by molar-refractivity contribution is 7.12. The number of alkyl halides is 3. The van der Waals surface area contributed by atoms with Crippen LogP contribution in [0.5, 0.6) is 0 Å². The first-order valence-electron chi connectivity index (χ1n) is 12.6. The number of likely N-dealkylation sites (tertiary alicyclic amines) is 1. The van der Waals surface area contributed by atoms with E-state index in [9.17, 15) is 23.4 Å². The molecule has 0 radical (unpaired) electrons. The Kier molecular flexibility index (Phi) is 6.80. The zero-order chi connectivity index (χ0) is 24.8. The monoisotopic (exact) mass is 513 g/mol. The van der Waals surface area contributed by atoms with Crippen molar-refractivity contribution in [2.45, 2.75) is 101 Å². The molecule has 1 saturated carbocycles. The van der Waals surface area contributed by atoms with Crippen molar-refractivity contribution in [3.63, 3.8) is 0 Å². The lowest BCUT2D eigenvalue weighted by Crippen LogP contribution is -2.50. The number of thiophene rings is 1. The predicted molar refractivity (Wildman–Crippen MR) is 126 cm³/mol. The molecule has 194 valence electrons. The zero-order valence-electron chi connectivity index (χ0n) is 20.1. The number of aromatic nitrogens is 2. The number of ether oxygens (including phenoxy) is 1. The van der Waals surface area contributed by atoms with E-state index >= 15 is 0 Å². The maximum Gasteiger partial charge on any atom is 0.425 e. The fourth-order valence-corrected chi connectivity index (χ4v) is 7.63. The van der Waals surface area contributed by atoms with Crippen LogP contribution < -0.4 is 0 Å². The summed E-state index contributed by atoms with van der Waals surface area (Å²) in [5.41, 5.74) is 0.494. The highest BCUT2D eigenvalue weighted by atomic mass is 32.1. The lowest BCUT2D eigenvalue weighted by atomic mass is 9.81. The van der Waals surface area contributed by atoms with E-state index in [0.717, 1.165) is 42.6 Å². The Bertz CT molecular complexity index is 1050. The molecule has 35 heavy (non-hydrogen) atoms. The number of fused-ring (bicyclic) bond motifs is 2. The molecular weight excluding hydrogens is 479 g/mol. The summed E-state index contributed by atoms with van der Waals surface area (Å²) in [6.45, 7) is 4.00. The largest absolute Gasteiger partial charge is 0.425 e. The quantitative estimate of drug-likeness (QED) is 0.591. The van der Waals surface area contributed by atoms with Crippen molar-refractivity contribution >= 4 is 11.3 Å². The standard InChI is InChI=1S/C25H34F3N3O3S/c1-17-12-24(21-19(4-11-34-24)20(16-32)22(35-21)25(26,27)28)8-9-30(17)14-18-13-29-31(15-18)10-7-23(33)5-2-3-6-23/h13,15,17,32-33H,2-12,14,16H2,1H3/t17-,24+/m0/s1. The van der Waals surface area contributed by atoms with Crippen LogP contribution in [-0.2, 0) is 42.6 Å². The van der Waals surface area contributed by atoms with E-state index in [2.05, 4.69) is 16.9 Å². The summed E-state index contributed by atoms with van der Waals surface area (Å²) in [7, 11) is 0. The average Bonchev–Trinajstić information content (AvgIpc) is 3.53. The number of hydrogen-bond acceptors (Lipinski definition) is 6. The Hall–Kier alpha value is -1.46. The molecule has 1 aliphatic carbocycles. The number of nitrogens with zero attached hydrogens (tertiary/aromatic N) is 3. The Balaban J connectivity index is 1.26. The molecular formula is C25H34F3N3O3S. The third-order valence-electron chi connectivity index (χ3n) is 8.14. The van der Waals surface area contributed by atoms with Crippen LogP contribution in [0, 0.1) is 0 Å². The van der Waals surface area contributed by atoms with Crippen LogP contribution in [0.25, 0.3) is 0 Å². The van der Waals surface area contributed by atoms with Gasteiger partial charge in [-0.05, 0) is 51.0 Å². The predicted octanol–water partition coefficient (Wildman–Crippen LogP) is 4.60. The first-order valence-corrected chi connectivity index (χ1v) is 13.4. The molecule has 2 aromatic heterocycles. The maximum atomic E-state index is 13.7. The van der Waals surface area contributed by atoms with Gasteiger partial charge in [0.05, 0.1) is 25.0 Å². The van der Waals surface area contributed by atoms with Gasteiger partial charge >= 0.3 is 6.18 Å². The summed E-state index contributed by atoms with van der Waals surface area (Å²) in [4.78, 5) is 2.31. The highest BCUT2D eigenvalue weighted by Crippen LogP contribution is 2.51. The molecule has 0 bridgehead atoms. The Morgan fingerprint density at radius 2 is 2.03 bits per heavy atom. The van der Waals surface area contributed by atoms with Gasteiger partial charge in [0.25, 0.3) is 0 Å². The summed E-state index contributed by atoms with van der Waals surface area (Å²) < 4.78 is 49.1. The van der Waals surface area contributed by atoms with Gasteiger partial charge in [0, 0.05) is 47.9 Å². The summed E-state index contributed by atoms with van der Waals surface area (Å²) in [5, 5.41) is 24.8. The van der Waals surface area contributed by atoms with Crippen molar-refractivity contribution in [2.24, 2.45) is 0 Å². The van der Waals surface area contributed by atoms with Crippen molar-refractivity contribution in [1.82, 2.24) is 14.7 Å². The van der Waals surface area contributed by atoms with Gasteiger partial charge in [-0.25, -0.2) is 0 Å². The van der Waals surface area contributed by atoms with Gasteiger partial charge in [0.2, 0.25) is 0 Å². The van der Waals surface area contributed by atoms with Crippen molar-refractivity contribution in [3.05, 3.63) is 38.8 Å². The number of halogens is 3. The molecule has 2 aromatic rings. The lowest BCUT2D eigenvalue weighted by Gasteiger charge is -2.47. The van der Waals surface area contributed by atoms with Crippen LogP contribution in [0.1, 0.15) is 78.3 Å². The van der Waals surface area contributed by atoms with Gasteiger partial charge in [-0.1, -0.05) is 12.8 Å². The fraction of sp³-hybridized carbons (Fsp3) is 0.720. The van der Waals surface area contributed by atoms with E-state index < -0.39 is 28.9 Å². The number of rotatable bonds is 6. The van der Waals surface area contributed by atoms with Crippen molar-refractivity contribution in [2.75, 3.05) is 13.2 Å². The first kappa shape index (κ1) is 25.2. The minimum atomic E-state index is -4.47. The van der Waals surface area contributed by atoms with E-state index in [1.54, 1.807) is 0 Å². The van der Waals surface area contributed by atoms with E-state index in [0.29, 0.717) is 62.4 Å². The first-order chi connectivity index (χ1) is 16.6. The van der Waals surface area contributed by atoms with Crippen LogP contribution in [0.4, 0.5) is 13.2 Å². The number of piperidine rings is 1. The second kappa shape index (κ2) is 9.45. The number of aryl methyl sites for hydroxylation is 1. The number of hydrogen-bond donors (Lipinski definition) is 2. The molecule has 4 heterocycles. The third kappa shape index (κ3) is 4.92. The van der Waals surface area contributed by atoms with Gasteiger partial charge in [-0.2, -0.15) is 18.3 Å². The summed E-state index contributed by atoms with van der Waals surface area (Å²) >= 11 is 0.763. The van der Waals surface area contributed by atoms with Crippen LogP contribution in [-0.4, -0.2) is 49.7 Å². The normalized spacial score (nSPS) is 27.0. The molecule has 2 aliphatic heterocycles.